The van der Waals surface area contributed by atoms with Crippen LogP contribution in [0, 0.1) is 11.8 Å². The average Bonchev–Trinajstić information content (AvgIpc) is 2.80. The highest BCUT2D eigenvalue weighted by Crippen LogP contribution is 2.31. The van der Waals surface area contributed by atoms with Crippen LogP contribution in [-0.4, -0.2) is 36.6 Å². The fourth-order valence-corrected chi connectivity index (χ4v) is 4.25. The van der Waals surface area contributed by atoms with Gasteiger partial charge in [0.25, 0.3) is 0 Å². The second-order valence-electron chi connectivity index (χ2n) is 7.45. The van der Waals surface area contributed by atoms with Gasteiger partial charge in [0.1, 0.15) is 0 Å². The van der Waals surface area contributed by atoms with Crippen LogP contribution in [-0.2, 0) is 0 Å². The van der Waals surface area contributed by atoms with Gasteiger partial charge in [0.05, 0.1) is 0 Å². The Hall–Kier alpha value is -0.0800. The summed E-state index contributed by atoms with van der Waals surface area (Å²) in [5.41, 5.74) is 0. The number of nitrogens with zero attached hydrogens (tertiary/aromatic N) is 1. The lowest BCUT2D eigenvalue weighted by molar-refractivity contribution is 0.162. The van der Waals surface area contributed by atoms with Gasteiger partial charge in [-0.3, -0.25) is 4.90 Å². The number of rotatable bonds is 6. The highest BCUT2D eigenvalue weighted by atomic mass is 15.2. The molecular formula is C18H36N2. The SMILES string of the molecule is CCCN(CC1CCCN1)C1CCCC(C(C)C)CC1. The van der Waals surface area contributed by atoms with Gasteiger partial charge in [-0.05, 0) is 63.5 Å². The zero-order valence-electron chi connectivity index (χ0n) is 14.0. The molecule has 2 fully saturated rings. The first kappa shape index (κ1) is 16.3. The van der Waals surface area contributed by atoms with Crippen molar-refractivity contribution >= 4 is 0 Å². The largest absolute Gasteiger partial charge is 0.313 e. The maximum Gasteiger partial charge on any atom is 0.0195 e. The third kappa shape index (κ3) is 4.73. The van der Waals surface area contributed by atoms with E-state index in [4.69, 9.17) is 0 Å². The summed E-state index contributed by atoms with van der Waals surface area (Å²) in [5.74, 6) is 1.86. The van der Waals surface area contributed by atoms with Crippen LogP contribution in [0.4, 0.5) is 0 Å². The molecule has 0 aromatic rings. The Morgan fingerprint density at radius 3 is 2.55 bits per heavy atom. The lowest BCUT2D eigenvalue weighted by Crippen LogP contribution is -2.43. The van der Waals surface area contributed by atoms with Crippen molar-refractivity contribution in [2.45, 2.75) is 84.2 Å². The Morgan fingerprint density at radius 1 is 1.05 bits per heavy atom. The molecule has 0 amide bonds. The van der Waals surface area contributed by atoms with E-state index < -0.39 is 0 Å². The second kappa shape index (κ2) is 8.38. The van der Waals surface area contributed by atoms with Crippen molar-refractivity contribution in [2.75, 3.05) is 19.6 Å². The standard InChI is InChI=1S/C18H36N2/c1-4-13-20(14-17-8-6-12-19-17)18-9-5-7-16(10-11-18)15(2)3/h15-19H,4-14H2,1-3H3. The minimum atomic E-state index is 0.769. The summed E-state index contributed by atoms with van der Waals surface area (Å²) in [5, 5.41) is 3.69. The van der Waals surface area contributed by atoms with Crippen molar-refractivity contribution in [3.05, 3.63) is 0 Å². The average molecular weight is 281 g/mol. The maximum absolute atomic E-state index is 3.69. The van der Waals surface area contributed by atoms with Crippen LogP contribution in [0.25, 0.3) is 0 Å². The van der Waals surface area contributed by atoms with Gasteiger partial charge in [-0.1, -0.05) is 33.6 Å². The van der Waals surface area contributed by atoms with E-state index in [9.17, 15) is 0 Å². The molecule has 2 rings (SSSR count). The molecule has 0 aromatic carbocycles. The van der Waals surface area contributed by atoms with Crippen LogP contribution in [0.15, 0.2) is 0 Å². The number of hydrogen-bond donors (Lipinski definition) is 1. The Kier molecular flexibility index (Phi) is 6.83. The van der Waals surface area contributed by atoms with Crippen LogP contribution in [0.3, 0.4) is 0 Å². The van der Waals surface area contributed by atoms with Crippen LogP contribution in [0.5, 0.6) is 0 Å². The normalized spacial score (nSPS) is 31.9. The Labute approximate surface area is 126 Å². The van der Waals surface area contributed by atoms with Gasteiger partial charge in [-0.25, -0.2) is 0 Å². The molecule has 2 heteroatoms. The predicted molar refractivity (Wildman–Crippen MR) is 88.1 cm³/mol. The molecule has 0 aromatic heterocycles. The van der Waals surface area contributed by atoms with Gasteiger partial charge in [0.2, 0.25) is 0 Å². The van der Waals surface area contributed by atoms with E-state index in [1.54, 1.807) is 0 Å². The molecule has 2 aliphatic rings. The lowest BCUT2D eigenvalue weighted by atomic mass is 9.89. The minimum absolute atomic E-state index is 0.769. The van der Waals surface area contributed by atoms with E-state index in [1.165, 1.54) is 71.0 Å². The van der Waals surface area contributed by atoms with Gasteiger partial charge in [0, 0.05) is 18.6 Å². The van der Waals surface area contributed by atoms with Crippen molar-refractivity contribution in [3.8, 4) is 0 Å². The topological polar surface area (TPSA) is 15.3 Å². The Morgan fingerprint density at radius 2 is 1.90 bits per heavy atom. The molecule has 0 spiro atoms. The maximum atomic E-state index is 3.69. The molecule has 1 N–H and O–H groups in total. The molecule has 1 saturated heterocycles. The molecule has 20 heavy (non-hydrogen) atoms. The molecule has 1 aliphatic heterocycles. The Balaban J connectivity index is 1.87. The van der Waals surface area contributed by atoms with Gasteiger partial charge < -0.3 is 5.32 Å². The molecule has 3 atom stereocenters. The van der Waals surface area contributed by atoms with Crippen LogP contribution in [0.2, 0.25) is 0 Å². The van der Waals surface area contributed by atoms with Crippen molar-refractivity contribution in [1.82, 2.24) is 10.2 Å². The van der Waals surface area contributed by atoms with Gasteiger partial charge in [-0.15, -0.1) is 0 Å². The fraction of sp³-hybridized carbons (Fsp3) is 1.00. The first-order valence-corrected chi connectivity index (χ1v) is 9.18. The van der Waals surface area contributed by atoms with Gasteiger partial charge in [0.15, 0.2) is 0 Å². The van der Waals surface area contributed by atoms with Gasteiger partial charge >= 0.3 is 0 Å². The highest BCUT2D eigenvalue weighted by Gasteiger charge is 2.27. The summed E-state index contributed by atoms with van der Waals surface area (Å²) in [6, 6.07) is 1.63. The van der Waals surface area contributed by atoms with E-state index in [1.807, 2.05) is 0 Å². The molecular weight excluding hydrogens is 244 g/mol. The molecule has 0 radical (unpaired) electrons. The third-order valence-corrected chi connectivity index (χ3v) is 5.57. The van der Waals surface area contributed by atoms with E-state index in [2.05, 4.69) is 31.0 Å². The molecule has 0 bridgehead atoms. The van der Waals surface area contributed by atoms with Crippen LogP contribution >= 0.6 is 0 Å². The van der Waals surface area contributed by atoms with Crippen molar-refractivity contribution in [2.24, 2.45) is 11.8 Å². The van der Waals surface area contributed by atoms with Crippen LogP contribution in [0.1, 0.15) is 72.1 Å². The molecule has 118 valence electrons. The summed E-state index contributed by atoms with van der Waals surface area (Å²) in [4.78, 5) is 2.83. The van der Waals surface area contributed by atoms with Gasteiger partial charge in [-0.2, -0.15) is 0 Å². The summed E-state index contributed by atoms with van der Waals surface area (Å²) >= 11 is 0. The monoisotopic (exact) mass is 280 g/mol. The first-order valence-electron chi connectivity index (χ1n) is 9.18. The quantitative estimate of drug-likeness (QED) is 0.738. The molecule has 2 nitrogen and oxygen atoms in total. The third-order valence-electron chi connectivity index (χ3n) is 5.57. The molecule has 1 saturated carbocycles. The summed E-state index contributed by atoms with van der Waals surface area (Å²) in [7, 11) is 0. The van der Waals surface area contributed by atoms with E-state index in [-0.39, 0.29) is 0 Å². The van der Waals surface area contributed by atoms with E-state index in [0.29, 0.717) is 0 Å². The summed E-state index contributed by atoms with van der Waals surface area (Å²) < 4.78 is 0. The number of hydrogen-bond acceptors (Lipinski definition) is 2. The van der Waals surface area contributed by atoms with Crippen molar-refractivity contribution in [1.29, 1.82) is 0 Å². The molecule has 1 heterocycles. The summed E-state index contributed by atoms with van der Waals surface area (Å²) in [6.45, 7) is 11.0. The first-order chi connectivity index (χ1) is 9.70. The zero-order valence-corrected chi connectivity index (χ0v) is 14.0. The summed E-state index contributed by atoms with van der Waals surface area (Å²) in [6.07, 6.45) is 11.3. The van der Waals surface area contributed by atoms with Crippen molar-refractivity contribution in [3.63, 3.8) is 0 Å². The predicted octanol–water partition coefficient (Wildman–Crippen LogP) is 4.06. The second-order valence-corrected chi connectivity index (χ2v) is 7.45. The minimum Gasteiger partial charge on any atom is -0.313 e. The molecule has 3 unspecified atom stereocenters. The fourth-order valence-electron chi connectivity index (χ4n) is 4.25. The molecule has 1 aliphatic carbocycles. The van der Waals surface area contributed by atoms with E-state index >= 15 is 0 Å². The van der Waals surface area contributed by atoms with E-state index in [0.717, 1.165) is 23.9 Å². The zero-order chi connectivity index (χ0) is 14.4. The smallest absolute Gasteiger partial charge is 0.0195 e. The highest BCUT2D eigenvalue weighted by molar-refractivity contribution is 4.84. The van der Waals surface area contributed by atoms with Crippen LogP contribution < -0.4 is 5.32 Å². The number of nitrogens with one attached hydrogen (secondary N) is 1. The van der Waals surface area contributed by atoms with Crippen molar-refractivity contribution < 1.29 is 0 Å². The Bertz CT molecular complexity index is 258. The lowest BCUT2D eigenvalue weighted by Gasteiger charge is -2.33.